The van der Waals surface area contributed by atoms with E-state index in [1.54, 1.807) is 12.1 Å². The number of carbonyl (C=O) groups is 1. The Morgan fingerprint density at radius 1 is 0.842 bits per heavy atom. The molecule has 202 valence electrons. The van der Waals surface area contributed by atoms with Crippen LogP contribution >= 0.6 is 11.6 Å². The molecule has 3 aromatic carbocycles. The van der Waals surface area contributed by atoms with Crippen LogP contribution in [0, 0.1) is 0 Å². The molecule has 1 amide bonds. The number of amides is 1. The quantitative estimate of drug-likeness (QED) is 0.314. The number of ether oxygens (including phenoxy) is 2. The number of hydrogen-bond donors (Lipinski definition) is 0. The van der Waals surface area contributed by atoms with Crippen LogP contribution in [-0.2, 0) is 33.7 Å². The van der Waals surface area contributed by atoms with Crippen molar-refractivity contribution in [3.8, 4) is 0 Å². The molecule has 0 aromatic heterocycles. The van der Waals surface area contributed by atoms with Crippen molar-refractivity contribution in [2.75, 3.05) is 39.3 Å². The Bertz CT molecular complexity index is 1150. The van der Waals surface area contributed by atoms with Crippen molar-refractivity contribution in [2.24, 2.45) is 0 Å². The third-order valence-corrected chi connectivity index (χ3v) is 6.71. The van der Waals surface area contributed by atoms with Gasteiger partial charge in [0, 0.05) is 37.7 Å². The number of alkyl halides is 3. The van der Waals surface area contributed by atoms with Gasteiger partial charge in [-0.1, -0.05) is 66.2 Å². The molecule has 0 bridgehead atoms. The summed E-state index contributed by atoms with van der Waals surface area (Å²) in [5, 5.41) is 0.608. The van der Waals surface area contributed by atoms with E-state index >= 15 is 0 Å². The van der Waals surface area contributed by atoms with Gasteiger partial charge in [-0.3, -0.25) is 9.69 Å². The minimum atomic E-state index is -4.37. The van der Waals surface area contributed by atoms with Gasteiger partial charge in [0.15, 0.2) is 0 Å². The summed E-state index contributed by atoms with van der Waals surface area (Å²) in [6, 6.07) is 22.1. The maximum Gasteiger partial charge on any atom is 0.416 e. The summed E-state index contributed by atoms with van der Waals surface area (Å²) in [5.41, 5.74) is 1.92. The number of hydrogen-bond acceptors (Lipinski definition) is 4. The summed E-state index contributed by atoms with van der Waals surface area (Å²) in [6.45, 7) is 3.71. The Kier molecular flexibility index (Phi) is 9.80. The van der Waals surface area contributed by atoms with Crippen molar-refractivity contribution in [1.82, 2.24) is 9.80 Å². The molecule has 1 saturated heterocycles. The van der Waals surface area contributed by atoms with Crippen LogP contribution in [0.3, 0.4) is 0 Å². The SMILES string of the molecule is O=C(COCc1ccccc1)N1CCN(C[C@@H](OCc2ccc(C(F)(F)F)cc2)c2ccc(Cl)cc2)CC1. The fourth-order valence-corrected chi connectivity index (χ4v) is 4.38. The van der Waals surface area contributed by atoms with Crippen molar-refractivity contribution in [3.05, 3.63) is 106 Å². The van der Waals surface area contributed by atoms with Crippen molar-refractivity contribution >= 4 is 17.5 Å². The van der Waals surface area contributed by atoms with Gasteiger partial charge in [0.25, 0.3) is 0 Å². The molecule has 0 N–H and O–H groups in total. The zero-order valence-corrected chi connectivity index (χ0v) is 21.6. The van der Waals surface area contributed by atoms with E-state index in [2.05, 4.69) is 4.90 Å². The van der Waals surface area contributed by atoms with E-state index in [-0.39, 0.29) is 25.2 Å². The molecule has 1 fully saturated rings. The molecule has 1 aliphatic rings. The number of benzene rings is 3. The van der Waals surface area contributed by atoms with Gasteiger partial charge in [0.05, 0.1) is 24.9 Å². The molecule has 4 rings (SSSR count). The van der Waals surface area contributed by atoms with Crippen molar-refractivity contribution in [2.45, 2.75) is 25.5 Å². The highest BCUT2D eigenvalue weighted by Gasteiger charge is 2.30. The van der Waals surface area contributed by atoms with Crippen LogP contribution in [0.15, 0.2) is 78.9 Å². The summed E-state index contributed by atoms with van der Waals surface area (Å²) in [5.74, 6) is -0.0339. The summed E-state index contributed by atoms with van der Waals surface area (Å²) in [7, 11) is 0. The lowest BCUT2D eigenvalue weighted by Crippen LogP contribution is -2.50. The number of piperazine rings is 1. The monoisotopic (exact) mass is 546 g/mol. The first kappa shape index (κ1) is 28.1. The van der Waals surface area contributed by atoms with Gasteiger partial charge in [-0.25, -0.2) is 0 Å². The lowest BCUT2D eigenvalue weighted by Gasteiger charge is -2.36. The lowest BCUT2D eigenvalue weighted by molar-refractivity contribution is -0.139. The Morgan fingerprint density at radius 3 is 2.11 bits per heavy atom. The Hall–Kier alpha value is -2.91. The average molecular weight is 547 g/mol. The fraction of sp³-hybridized carbons (Fsp3) is 0.345. The predicted molar refractivity (Wildman–Crippen MR) is 140 cm³/mol. The topological polar surface area (TPSA) is 42.0 Å². The summed E-state index contributed by atoms with van der Waals surface area (Å²) < 4.78 is 50.4. The smallest absolute Gasteiger partial charge is 0.368 e. The van der Waals surface area contributed by atoms with Gasteiger partial charge < -0.3 is 14.4 Å². The molecule has 0 radical (unpaired) electrons. The minimum Gasteiger partial charge on any atom is -0.368 e. The Labute approximate surface area is 225 Å². The largest absolute Gasteiger partial charge is 0.416 e. The van der Waals surface area contributed by atoms with Gasteiger partial charge in [-0.2, -0.15) is 13.2 Å². The molecule has 1 atom stereocenters. The third kappa shape index (κ3) is 8.30. The molecule has 0 spiro atoms. The van der Waals surface area contributed by atoms with Crippen LogP contribution in [0.5, 0.6) is 0 Å². The number of halogens is 4. The fourth-order valence-electron chi connectivity index (χ4n) is 4.25. The molecule has 1 aliphatic heterocycles. The van der Waals surface area contributed by atoms with E-state index in [4.69, 9.17) is 21.1 Å². The standard InChI is InChI=1S/C29H30ClF3N2O3/c30-26-12-8-24(9-13-26)27(38-20-23-6-10-25(11-7-23)29(31,32)33)18-34-14-16-35(17-15-34)28(36)21-37-19-22-4-2-1-3-5-22/h1-13,27H,14-21H2/t27-/m1/s1. The summed E-state index contributed by atoms with van der Waals surface area (Å²) in [6.07, 6.45) is -4.69. The zero-order valence-electron chi connectivity index (χ0n) is 20.9. The molecular weight excluding hydrogens is 517 g/mol. The van der Waals surface area contributed by atoms with Crippen LogP contribution in [-0.4, -0.2) is 55.0 Å². The maximum absolute atomic E-state index is 12.9. The lowest BCUT2D eigenvalue weighted by atomic mass is 10.1. The van der Waals surface area contributed by atoms with Crippen molar-refractivity contribution in [3.63, 3.8) is 0 Å². The van der Waals surface area contributed by atoms with Crippen LogP contribution in [0.4, 0.5) is 13.2 Å². The number of rotatable bonds is 10. The van der Waals surface area contributed by atoms with Crippen LogP contribution in [0.2, 0.25) is 5.02 Å². The van der Waals surface area contributed by atoms with Crippen LogP contribution in [0.1, 0.15) is 28.4 Å². The zero-order chi connectivity index (χ0) is 27.0. The highest BCUT2D eigenvalue weighted by atomic mass is 35.5. The first-order valence-corrected chi connectivity index (χ1v) is 12.8. The van der Waals surface area contributed by atoms with Gasteiger partial charge >= 0.3 is 6.18 Å². The second kappa shape index (κ2) is 13.2. The molecule has 9 heteroatoms. The maximum atomic E-state index is 12.9. The number of nitrogens with zero attached hydrogens (tertiary/aromatic N) is 2. The van der Waals surface area contributed by atoms with Crippen LogP contribution < -0.4 is 0 Å². The van der Waals surface area contributed by atoms with E-state index in [0.29, 0.717) is 49.9 Å². The van der Waals surface area contributed by atoms with Gasteiger partial charge in [-0.15, -0.1) is 0 Å². The van der Waals surface area contributed by atoms with E-state index in [0.717, 1.165) is 23.3 Å². The second-order valence-electron chi connectivity index (χ2n) is 9.21. The molecule has 3 aromatic rings. The van der Waals surface area contributed by atoms with Crippen LogP contribution in [0.25, 0.3) is 0 Å². The number of carbonyl (C=O) groups excluding carboxylic acids is 1. The van der Waals surface area contributed by atoms with Gasteiger partial charge in [0.1, 0.15) is 6.61 Å². The molecular formula is C29H30ClF3N2O3. The average Bonchev–Trinajstić information content (AvgIpc) is 2.92. The first-order chi connectivity index (χ1) is 18.3. The summed E-state index contributed by atoms with van der Waals surface area (Å²) >= 11 is 6.06. The van der Waals surface area contributed by atoms with E-state index in [1.807, 2.05) is 47.4 Å². The molecule has 0 saturated carbocycles. The molecule has 38 heavy (non-hydrogen) atoms. The van der Waals surface area contributed by atoms with E-state index < -0.39 is 11.7 Å². The highest BCUT2D eigenvalue weighted by molar-refractivity contribution is 6.30. The van der Waals surface area contributed by atoms with E-state index in [1.165, 1.54) is 12.1 Å². The molecule has 0 unspecified atom stereocenters. The molecule has 1 heterocycles. The highest BCUT2D eigenvalue weighted by Crippen LogP contribution is 2.30. The van der Waals surface area contributed by atoms with E-state index in [9.17, 15) is 18.0 Å². The first-order valence-electron chi connectivity index (χ1n) is 12.4. The van der Waals surface area contributed by atoms with Gasteiger partial charge in [0.2, 0.25) is 5.91 Å². The Morgan fingerprint density at radius 2 is 1.47 bits per heavy atom. The molecule has 5 nitrogen and oxygen atoms in total. The van der Waals surface area contributed by atoms with Crippen molar-refractivity contribution in [1.29, 1.82) is 0 Å². The Balaban J connectivity index is 1.29. The minimum absolute atomic E-state index is 0.0339. The molecule has 0 aliphatic carbocycles. The normalized spacial score (nSPS) is 15.4. The second-order valence-corrected chi connectivity index (χ2v) is 9.64. The van der Waals surface area contributed by atoms with Gasteiger partial charge in [-0.05, 0) is 41.0 Å². The predicted octanol–water partition coefficient (Wildman–Crippen LogP) is 5.98. The van der Waals surface area contributed by atoms with Crippen molar-refractivity contribution < 1.29 is 27.4 Å². The summed E-state index contributed by atoms with van der Waals surface area (Å²) in [4.78, 5) is 16.6. The third-order valence-electron chi connectivity index (χ3n) is 6.46.